The average Bonchev–Trinajstić information content (AvgIpc) is 2.27. The van der Waals surface area contributed by atoms with Gasteiger partial charge in [-0.3, -0.25) is 0 Å². The zero-order valence-electron chi connectivity index (χ0n) is 9.30. The lowest BCUT2D eigenvalue weighted by atomic mass is 9.72. The van der Waals surface area contributed by atoms with E-state index in [2.05, 4.69) is 4.99 Å². The summed E-state index contributed by atoms with van der Waals surface area (Å²) in [5, 5.41) is -0.0548. The van der Waals surface area contributed by atoms with Gasteiger partial charge in [0.25, 0.3) is 0 Å². The molecule has 0 radical (unpaired) electrons. The van der Waals surface area contributed by atoms with E-state index in [1.165, 1.54) is 13.2 Å². The standard InChI is InChI=1S/C12H11ClFNO2/c1-17-10-6-8(5-9(14)11(10)13)12(15-7-16)3-2-4-12/h5-6H,2-4H2,1H3. The van der Waals surface area contributed by atoms with Crippen molar-refractivity contribution in [3.05, 3.63) is 28.5 Å². The van der Waals surface area contributed by atoms with E-state index in [0.717, 1.165) is 6.42 Å². The molecule has 0 heterocycles. The molecule has 0 saturated heterocycles. The SMILES string of the molecule is COc1cc(C2(N=C=O)CCC2)cc(F)c1Cl. The van der Waals surface area contributed by atoms with E-state index < -0.39 is 11.4 Å². The van der Waals surface area contributed by atoms with Gasteiger partial charge in [0.1, 0.15) is 16.6 Å². The Balaban J connectivity index is 2.52. The number of halogens is 2. The molecule has 0 unspecified atom stereocenters. The third-order valence-corrected chi connectivity index (χ3v) is 3.56. The van der Waals surface area contributed by atoms with Gasteiger partial charge in [-0.2, -0.15) is 4.99 Å². The predicted octanol–water partition coefficient (Wildman–Crippen LogP) is 3.20. The third-order valence-electron chi connectivity index (χ3n) is 3.19. The highest BCUT2D eigenvalue weighted by Crippen LogP contribution is 2.46. The van der Waals surface area contributed by atoms with E-state index >= 15 is 0 Å². The topological polar surface area (TPSA) is 38.7 Å². The summed E-state index contributed by atoms with van der Waals surface area (Å²) in [6, 6.07) is 2.94. The predicted molar refractivity (Wildman–Crippen MR) is 61.6 cm³/mol. The van der Waals surface area contributed by atoms with Crippen LogP contribution in [0.25, 0.3) is 0 Å². The summed E-state index contributed by atoms with van der Waals surface area (Å²) in [7, 11) is 1.42. The molecule has 0 atom stereocenters. The summed E-state index contributed by atoms with van der Waals surface area (Å²) >= 11 is 5.75. The molecule has 3 nitrogen and oxygen atoms in total. The molecule has 0 aliphatic heterocycles. The maximum atomic E-state index is 13.6. The molecule has 90 valence electrons. The van der Waals surface area contributed by atoms with E-state index in [-0.39, 0.29) is 10.8 Å². The van der Waals surface area contributed by atoms with Crippen LogP contribution in [-0.4, -0.2) is 13.2 Å². The van der Waals surface area contributed by atoms with Gasteiger partial charge >= 0.3 is 0 Å². The Morgan fingerprint density at radius 2 is 2.24 bits per heavy atom. The van der Waals surface area contributed by atoms with Crippen molar-refractivity contribution >= 4 is 17.7 Å². The monoisotopic (exact) mass is 255 g/mol. The first-order valence-corrected chi connectivity index (χ1v) is 5.63. The van der Waals surface area contributed by atoms with E-state index in [1.807, 2.05) is 0 Å². The van der Waals surface area contributed by atoms with Crippen molar-refractivity contribution in [1.29, 1.82) is 0 Å². The van der Waals surface area contributed by atoms with Gasteiger partial charge in [-0.15, -0.1) is 0 Å². The van der Waals surface area contributed by atoms with Crippen LogP contribution in [0.4, 0.5) is 4.39 Å². The number of benzene rings is 1. The van der Waals surface area contributed by atoms with Gasteiger partial charge in [0, 0.05) is 0 Å². The van der Waals surface area contributed by atoms with Crippen LogP contribution in [0.3, 0.4) is 0 Å². The number of carbonyl (C=O) groups excluding carboxylic acids is 1. The first-order valence-electron chi connectivity index (χ1n) is 5.25. The van der Waals surface area contributed by atoms with Crippen LogP contribution >= 0.6 is 11.6 Å². The van der Waals surface area contributed by atoms with Gasteiger partial charge in [0.15, 0.2) is 0 Å². The number of hydrogen-bond donors (Lipinski definition) is 0. The van der Waals surface area contributed by atoms with Crippen molar-refractivity contribution < 1.29 is 13.9 Å². The Labute approximate surface area is 103 Å². The summed E-state index contributed by atoms with van der Waals surface area (Å²) < 4.78 is 18.6. The number of rotatable bonds is 3. The molecular weight excluding hydrogens is 245 g/mol. The first kappa shape index (κ1) is 12.1. The van der Waals surface area contributed by atoms with Crippen LogP contribution in [-0.2, 0) is 10.3 Å². The zero-order valence-corrected chi connectivity index (χ0v) is 10.1. The van der Waals surface area contributed by atoms with Crippen molar-refractivity contribution in [3.8, 4) is 5.75 Å². The number of hydrogen-bond acceptors (Lipinski definition) is 3. The molecule has 0 aromatic heterocycles. The van der Waals surface area contributed by atoms with Crippen molar-refractivity contribution in [2.75, 3.05) is 7.11 Å². The molecule has 0 spiro atoms. The lowest BCUT2D eigenvalue weighted by Gasteiger charge is -2.37. The second-order valence-electron chi connectivity index (χ2n) is 4.06. The van der Waals surface area contributed by atoms with Crippen LogP contribution in [0.1, 0.15) is 24.8 Å². The smallest absolute Gasteiger partial charge is 0.235 e. The molecule has 2 rings (SSSR count). The Morgan fingerprint density at radius 1 is 1.53 bits per heavy atom. The minimum Gasteiger partial charge on any atom is -0.495 e. The molecule has 1 fully saturated rings. The Hall–Kier alpha value is -1.38. The third kappa shape index (κ3) is 1.94. The van der Waals surface area contributed by atoms with Gasteiger partial charge in [-0.25, -0.2) is 9.18 Å². The minimum atomic E-state index is -0.638. The molecule has 5 heteroatoms. The molecule has 0 amide bonds. The fraction of sp³-hybridized carbons (Fsp3) is 0.417. The maximum absolute atomic E-state index is 13.6. The molecule has 0 bridgehead atoms. The van der Waals surface area contributed by atoms with E-state index in [4.69, 9.17) is 16.3 Å². The first-order chi connectivity index (χ1) is 8.13. The van der Waals surface area contributed by atoms with Crippen molar-refractivity contribution in [1.82, 2.24) is 0 Å². The quantitative estimate of drug-likeness (QED) is 0.615. The highest BCUT2D eigenvalue weighted by molar-refractivity contribution is 6.32. The van der Waals surface area contributed by atoms with Crippen molar-refractivity contribution in [2.24, 2.45) is 4.99 Å². The summed E-state index contributed by atoms with van der Waals surface area (Å²) in [5.41, 5.74) is -0.0219. The Morgan fingerprint density at radius 3 is 2.71 bits per heavy atom. The van der Waals surface area contributed by atoms with E-state index in [1.54, 1.807) is 12.1 Å². The van der Waals surface area contributed by atoms with Gasteiger partial charge in [0.05, 0.1) is 12.6 Å². The molecule has 17 heavy (non-hydrogen) atoms. The van der Waals surface area contributed by atoms with Gasteiger partial charge < -0.3 is 4.74 Å². The number of nitrogens with zero attached hydrogens (tertiary/aromatic N) is 1. The van der Waals surface area contributed by atoms with Crippen molar-refractivity contribution in [3.63, 3.8) is 0 Å². The molecular formula is C12H11ClFNO2. The fourth-order valence-electron chi connectivity index (χ4n) is 2.05. The second kappa shape index (κ2) is 4.47. The molecule has 1 aromatic rings. The lowest BCUT2D eigenvalue weighted by molar-refractivity contribution is 0.254. The maximum Gasteiger partial charge on any atom is 0.235 e. The normalized spacial score (nSPS) is 16.9. The average molecular weight is 256 g/mol. The van der Waals surface area contributed by atoms with E-state index in [9.17, 15) is 9.18 Å². The van der Waals surface area contributed by atoms with Gasteiger partial charge in [-0.05, 0) is 37.0 Å². The highest BCUT2D eigenvalue weighted by Gasteiger charge is 2.39. The van der Waals surface area contributed by atoms with Crippen LogP contribution in [0.5, 0.6) is 5.75 Å². The summed E-state index contributed by atoms with van der Waals surface area (Å²) in [4.78, 5) is 14.3. The van der Waals surface area contributed by atoms with Crippen molar-refractivity contribution in [2.45, 2.75) is 24.8 Å². The molecule has 0 N–H and O–H groups in total. The van der Waals surface area contributed by atoms with Gasteiger partial charge in [0.2, 0.25) is 6.08 Å². The Kier molecular flexibility index (Phi) is 3.18. The van der Waals surface area contributed by atoms with Crippen LogP contribution in [0.15, 0.2) is 17.1 Å². The molecule has 1 saturated carbocycles. The summed E-state index contributed by atoms with van der Waals surface area (Å²) in [5.74, 6) is -0.303. The van der Waals surface area contributed by atoms with E-state index in [0.29, 0.717) is 18.4 Å². The fourth-order valence-corrected chi connectivity index (χ4v) is 2.23. The number of ether oxygens (including phenoxy) is 1. The lowest BCUT2D eigenvalue weighted by Crippen LogP contribution is -2.32. The molecule has 1 aromatic carbocycles. The largest absolute Gasteiger partial charge is 0.495 e. The number of methoxy groups -OCH3 is 1. The number of aliphatic imine (C=N–C) groups is 1. The molecule has 1 aliphatic carbocycles. The second-order valence-corrected chi connectivity index (χ2v) is 4.44. The summed E-state index contributed by atoms with van der Waals surface area (Å²) in [6.07, 6.45) is 3.94. The van der Waals surface area contributed by atoms with Crippen LogP contribution < -0.4 is 4.74 Å². The Bertz CT molecular complexity index is 494. The number of isocyanates is 1. The van der Waals surface area contributed by atoms with Crippen LogP contribution in [0.2, 0.25) is 5.02 Å². The van der Waals surface area contributed by atoms with Crippen LogP contribution in [0, 0.1) is 5.82 Å². The van der Waals surface area contributed by atoms with Gasteiger partial charge in [-0.1, -0.05) is 11.6 Å². The highest BCUT2D eigenvalue weighted by atomic mass is 35.5. The minimum absolute atomic E-state index is 0.0548. The molecule has 1 aliphatic rings. The summed E-state index contributed by atoms with van der Waals surface area (Å²) in [6.45, 7) is 0. The zero-order chi connectivity index (χ0) is 12.5.